The van der Waals surface area contributed by atoms with Crippen LogP contribution in [0.25, 0.3) is 11.3 Å². The molecule has 4 heterocycles. The van der Waals surface area contributed by atoms with Crippen molar-refractivity contribution >= 4 is 23.6 Å². The molecule has 4 rings (SSSR count). The number of anilines is 1. The van der Waals surface area contributed by atoms with Crippen molar-refractivity contribution < 1.29 is 14.6 Å². The molecule has 0 aromatic carbocycles. The molecule has 0 radical (unpaired) electrons. The van der Waals surface area contributed by atoms with Gasteiger partial charge in [-0.05, 0) is 32.1 Å². The van der Waals surface area contributed by atoms with Crippen molar-refractivity contribution in [3.63, 3.8) is 0 Å². The number of aliphatic hydroxyl groups excluding tert-OH is 1. The van der Waals surface area contributed by atoms with E-state index in [2.05, 4.69) is 15.1 Å². The molecule has 10 heteroatoms. The molecule has 2 aliphatic heterocycles. The number of nitrogens with two attached hydrogens (primary N) is 1. The molecule has 152 valence electrons. The first-order valence-corrected chi connectivity index (χ1v) is 9.80. The van der Waals surface area contributed by atoms with Crippen molar-refractivity contribution in [3.05, 3.63) is 23.6 Å². The van der Waals surface area contributed by atoms with Crippen LogP contribution in [0.3, 0.4) is 0 Å². The monoisotopic (exact) mass is 408 g/mol. The van der Waals surface area contributed by atoms with Gasteiger partial charge in [-0.25, -0.2) is 14.8 Å². The number of piperidine rings is 1. The van der Waals surface area contributed by atoms with E-state index in [1.807, 2.05) is 0 Å². The van der Waals surface area contributed by atoms with E-state index in [1.165, 1.54) is 17.3 Å². The van der Waals surface area contributed by atoms with Gasteiger partial charge in [-0.3, -0.25) is 0 Å². The number of aromatic nitrogens is 4. The van der Waals surface area contributed by atoms with Gasteiger partial charge in [0.25, 0.3) is 0 Å². The Bertz CT molecular complexity index is 787. The number of carbonyl (C=O) groups excluding carboxylic acids is 1. The Morgan fingerprint density at radius 2 is 2.04 bits per heavy atom. The van der Waals surface area contributed by atoms with Crippen molar-refractivity contribution in [3.8, 4) is 11.3 Å². The topological polar surface area (TPSA) is 119 Å². The molecule has 9 nitrogen and oxygen atoms in total. The summed E-state index contributed by atoms with van der Waals surface area (Å²) in [5.74, 6) is 0.129. The minimum Gasteiger partial charge on any atom is -0.391 e. The molecule has 2 saturated heterocycles. The van der Waals surface area contributed by atoms with Gasteiger partial charge in [-0.2, -0.15) is 9.78 Å². The molecule has 2 aromatic heterocycles. The van der Waals surface area contributed by atoms with E-state index in [9.17, 15) is 4.79 Å². The molecule has 28 heavy (non-hydrogen) atoms. The lowest BCUT2D eigenvalue weighted by molar-refractivity contribution is -0.00535. The van der Waals surface area contributed by atoms with Gasteiger partial charge < -0.3 is 20.5 Å². The van der Waals surface area contributed by atoms with E-state index >= 15 is 0 Å². The maximum atomic E-state index is 12.3. The Morgan fingerprint density at radius 3 is 2.68 bits per heavy atom. The minimum atomic E-state index is -0.186. The molecule has 1 amide bonds. The highest BCUT2D eigenvalue weighted by atomic mass is 35.5. The number of carbonyl (C=O) groups is 1. The van der Waals surface area contributed by atoms with E-state index in [0.717, 1.165) is 45.4 Å². The highest BCUT2D eigenvalue weighted by molar-refractivity contribution is 6.32. The highest BCUT2D eigenvalue weighted by Crippen LogP contribution is 2.25. The Labute approximate surface area is 168 Å². The maximum absolute atomic E-state index is 12.3. The quantitative estimate of drug-likeness (QED) is 0.742. The minimum absolute atomic E-state index is 0.126. The number of rotatable bonds is 1. The van der Waals surface area contributed by atoms with E-state index in [-0.39, 0.29) is 18.1 Å². The van der Waals surface area contributed by atoms with Crippen LogP contribution in [0.1, 0.15) is 32.1 Å². The van der Waals surface area contributed by atoms with Crippen LogP contribution < -0.4 is 5.73 Å². The van der Waals surface area contributed by atoms with E-state index < -0.39 is 0 Å². The number of hydrogen-bond acceptors (Lipinski definition) is 7. The first-order valence-electron chi connectivity index (χ1n) is 9.42. The molecule has 1 unspecified atom stereocenters. The predicted molar refractivity (Wildman–Crippen MR) is 105 cm³/mol. The number of halogens is 1. The molecule has 0 bridgehead atoms. The van der Waals surface area contributed by atoms with Crippen molar-refractivity contribution in [1.29, 1.82) is 0 Å². The van der Waals surface area contributed by atoms with E-state index in [0.29, 0.717) is 22.9 Å². The van der Waals surface area contributed by atoms with Crippen LogP contribution in [0.2, 0.25) is 5.02 Å². The third-order valence-corrected chi connectivity index (χ3v) is 4.85. The number of ether oxygens (including phenoxy) is 1. The van der Waals surface area contributed by atoms with Crippen LogP contribution in [0.15, 0.2) is 18.6 Å². The Kier molecular flexibility index (Phi) is 7.18. The van der Waals surface area contributed by atoms with Gasteiger partial charge in [0.1, 0.15) is 0 Å². The second-order valence-corrected chi connectivity index (χ2v) is 7.21. The summed E-state index contributed by atoms with van der Waals surface area (Å²) in [7, 11) is 0. The summed E-state index contributed by atoms with van der Waals surface area (Å²) in [6.45, 7) is 2.92. The van der Waals surface area contributed by atoms with Crippen LogP contribution >= 0.6 is 11.6 Å². The summed E-state index contributed by atoms with van der Waals surface area (Å²) in [5, 5.41) is 13.3. The van der Waals surface area contributed by atoms with Crippen molar-refractivity contribution in [2.45, 2.75) is 38.2 Å². The molecule has 2 fully saturated rings. The van der Waals surface area contributed by atoms with Gasteiger partial charge in [-0.15, -0.1) is 0 Å². The molecule has 0 saturated carbocycles. The summed E-state index contributed by atoms with van der Waals surface area (Å²) in [6, 6.07) is -0.126. The smallest absolute Gasteiger partial charge is 0.344 e. The zero-order chi connectivity index (χ0) is 19.9. The number of nitrogen functional groups attached to an aromatic ring is 1. The number of aliphatic hydroxyl groups is 1. The highest BCUT2D eigenvalue weighted by Gasteiger charge is 2.20. The third-order valence-electron chi connectivity index (χ3n) is 4.58. The van der Waals surface area contributed by atoms with Gasteiger partial charge in [0.2, 0.25) is 5.95 Å². The van der Waals surface area contributed by atoms with Gasteiger partial charge >= 0.3 is 6.03 Å². The van der Waals surface area contributed by atoms with Gasteiger partial charge in [0.05, 0.1) is 35.8 Å². The second-order valence-electron chi connectivity index (χ2n) is 6.80. The molecule has 1 atom stereocenters. The number of nitrogens with zero attached hydrogens (tertiary/aromatic N) is 5. The predicted octanol–water partition coefficient (Wildman–Crippen LogP) is 2.19. The molecular formula is C18H25ClN6O3. The standard InChI is InChI=1S/C13H15ClN6O.C5H10O2/c14-10-7-16-12(15)18-11(10)9-6-17-20(8-9)13(21)19-4-2-1-3-5-19;6-5-2-1-3-7-4-5/h6-8H,1-5H2,(H2,15,16,18);5-6H,1-4H2. The molecular weight excluding hydrogens is 384 g/mol. The van der Waals surface area contributed by atoms with Crippen molar-refractivity contribution in [1.82, 2.24) is 24.6 Å². The van der Waals surface area contributed by atoms with E-state index in [1.54, 1.807) is 17.3 Å². The lowest BCUT2D eigenvalue weighted by atomic mass is 10.1. The SMILES string of the molecule is Nc1ncc(Cl)c(-c2cnn(C(=O)N3CCCCC3)c2)n1.OC1CCCOC1. The van der Waals surface area contributed by atoms with Gasteiger partial charge in [-0.1, -0.05) is 11.6 Å². The summed E-state index contributed by atoms with van der Waals surface area (Å²) in [5.41, 5.74) is 6.68. The molecule has 0 aliphatic carbocycles. The maximum Gasteiger partial charge on any atom is 0.344 e. The molecule has 3 N–H and O–H groups in total. The lowest BCUT2D eigenvalue weighted by Gasteiger charge is -2.25. The first kappa shape index (κ1) is 20.5. The van der Waals surface area contributed by atoms with Crippen molar-refractivity contribution in [2.24, 2.45) is 0 Å². The zero-order valence-corrected chi connectivity index (χ0v) is 16.4. The van der Waals surface area contributed by atoms with Gasteiger partial charge in [0.15, 0.2) is 0 Å². The summed E-state index contributed by atoms with van der Waals surface area (Å²) in [6.07, 6.45) is 9.59. The number of hydrogen-bond donors (Lipinski definition) is 2. The summed E-state index contributed by atoms with van der Waals surface area (Å²) >= 11 is 6.06. The fourth-order valence-corrected chi connectivity index (χ4v) is 3.29. The number of likely N-dealkylation sites (tertiary alicyclic amines) is 1. The lowest BCUT2D eigenvalue weighted by Crippen LogP contribution is -2.38. The Morgan fingerprint density at radius 1 is 1.25 bits per heavy atom. The summed E-state index contributed by atoms with van der Waals surface area (Å²) in [4.78, 5) is 22.0. The van der Waals surface area contributed by atoms with Gasteiger partial charge in [0, 0.05) is 31.5 Å². The van der Waals surface area contributed by atoms with Crippen LogP contribution in [0.4, 0.5) is 10.7 Å². The zero-order valence-electron chi connectivity index (χ0n) is 15.6. The third kappa shape index (κ3) is 5.40. The molecule has 2 aliphatic rings. The molecule has 0 spiro atoms. The normalized spacial score (nSPS) is 19.6. The fourth-order valence-electron chi connectivity index (χ4n) is 3.09. The Balaban J connectivity index is 0.000000271. The van der Waals surface area contributed by atoms with Crippen LogP contribution in [0, 0.1) is 0 Å². The average Bonchev–Trinajstić information content (AvgIpc) is 3.21. The number of amides is 1. The second kappa shape index (κ2) is 9.81. The average molecular weight is 409 g/mol. The fraction of sp³-hybridized carbons (Fsp3) is 0.556. The van der Waals surface area contributed by atoms with Crippen LogP contribution in [-0.4, -0.2) is 68.2 Å². The van der Waals surface area contributed by atoms with Crippen molar-refractivity contribution in [2.75, 3.05) is 32.0 Å². The summed E-state index contributed by atoms with van der Waals surface area (Å²) < 4.78 is 6.25. The first-order chi connectivity index (χ1) is 13.5. The van der Waals surface area contributed by atoms with E-state index in [4.69, 9.17) is 27.2 Å². The van der Waals surface area contributed by atoms with Crippen LogP contribution in [-0.2, 0) is 4.74 Å². The Hall–Kier alpha value is -2.23. The largest absolute Gasteiger partial charge is 0.391 e. The van der Waals surface area contributed by atoms with Crippen LogP contribution in [0.5, 0.6) is 0 Å². The molecule has 2 aromatic rings.